The number of hydrogen-bond acceptors (Lipinski definition) is 5. The molecule has 1 saturated heterocycles. The van der Waals surface area contributed by atoms with Crippen molar-refractivity contribution in [3.8, 4) is 5.75 Å². The molecule has 0 atom stereocenters. The first-order valence-corrected chi connectivity index (χ1v) is 10.6. The summed E-state index contributed by atoms with van der Waals surface area (Å²) < 4.78 is 5.32. The molecule has 0 saturated carbocycles. The minimum Gasteiger partial charge on any atom is -0.497 e. The fourth-order valence-corrected chi connectivity index (χ4v) is 4.17. The van der Waals surface area contributed by atoms with Crippen LogP contribution in [-0.2, 0) is 0 Å². The lowest BCUT2D eigenvalue weighted by Crippen LogP contribution is -2.48. The smallest absolute Gasteiger partial charge is 0.257 e. The Morgan fingerprint density at radius 2 is 1.66 bits per heavy atom. The summed E-state index contributed by atoms with van der Waals surface area (Å²) in [7, 11) is 1.66. The van der Waals surface area contributed by atoms with Gasteiger partial charge >= 0.3 is 0 Å². The summed E-state index contributed by atoms with van der Waals surface area (Å²) in [5, 5.41) is 6.21. The van der Waals surface area contributed by atoms with Crippen LogP contribution in [0, 0.1) is 0 Å². The largest absolute Gasteiger partial charge is 0.497 e. The predicted molar refractivity (Wildman–Crippen MR) is 125 cm³/mol. The van der Waals surface area contributed by atoms with Crippen LogP contribution in [0.1, 0.15) is 20.7 Å². The molecular formula is C25H24N4O3. The number of hydrogen-bond donors (Lipinski definition) is 2. The molecule has 0 unspecified atom stereocenters. The van der Waals surface area contributed by atoms with Crippen molar-refractivity contribution < 1.29 is 14.3 Å². The molecule has 2 aliphatic heterocycles. The molecule has 32 heavy (non-hydrogen) atoms. The van der Waals surface area contributed by atoms with Crippen molar-refractivity contribution in [2.75, 3.05) is 48.8 Å². The Bertz CT molecular complexity index is 1190. The highest BCUT2D eigenvalue weighted by Gasteiger charge is 2.24. The second-order valence-electron chi connectivity index (χ2n) is 7.87. The van der Waals surface area contributed by atoms with Gasteiger partial charge in [-0.3, -0.25) is 9.59 Å². The lowest BCUT2D eigenvalue weighted by molar-refractivity contribution is 0.0746. The van der Waals surface area contributed by atoms with Gasteiger partial charge in [-0.2, -0.15) is 0 Å². The minimum absolute atomic E-state index is 0.0332. The van der Waals surface area contributed by atoms with Gasteiger partial charge in [-0.25, -0.2) is 0 Å². The molecule has 0 aromatic heterocycles. The second kappa shape index (κ2) is 8.26. The standard InChI is InChI=1S/C25H24N4O3/c1-32-19-6-4-5-18(16-19)28-11-13-29(14-12-28)25(31)17-9-10-22-23(15-17)27-24(30)20-7-2-3-8-21(20)26-22/h2-10,15-16,26H,11-14H2,1H3,(H,27,30). The first-order chi connectivity index (χ1) is 15.6. The number of nitrogens with zero attached hydrogens (tertiary/aromatic N) is 2. The predicted octanol–water partition coefficient (Wildman–Crippen LogP) is 3.97. The van der Waals surface area contributed by atoms with E-state index in [2.05, 4.69) is 21.6 Å². The Kier molecular flexibility index (Phi) is 5.15. The van der Waals surface area contributed by atoms with Crippen LogP contribution < -0.4 is 20.3 Å². The average Bonchev–Trinajstić information content (AvgIpc) is 2.99. The Morgan fingerprint density at radius 3 is 2.47 bits per heavy atom. The summed E-state index contributed by atoms with van der Waals surface area (Å²) in [6.45, 7) is 2.75. The molecule has 5 rings (SSSR count). The van der Waals surface area contributed by atoms with Crippen LogP contribution >= 0.6 is 0 Å². The van der Waals surface area contributed by atoms with E-state index in [-0.39, 0.29) is 11.8 Å². The molecule has 7 nitrogen and oxygen atoms in total. The Hall–Kier alpha value is -4.00. The van der Waals surface area contributed by atoms with Gasteiger partial charge in [0.25, 0.3) is 11.8 Å². The first-order valence-electron chi connectivity index (χ1n) is 10.6. The van der Waals surface area contributed by atoms with Crippen molar-refractivity contribution in [3.63, 3.8) is 0 Å². The highest BCUT2D eigenvalue weighted by molar-refractivity contribution is 6.12. The quantitative estimate of drug-likeness (QED) is 0.661. The summed E-state index contributed by atoms with van der Waals surface area (Å²) in [4.78, 5) is 29.9. The van der Waals surface area contributed by atoms with Crippen LogP contribution in [0.15, 0.2) is 66.7 Å². The molecule has 3 aromatic rings. The molecule has 2 amide bonds. The van der Waals surface area contributed by atoms with E-state index in [1.165, 1.54) is 0 Å². The molecule has 0 bridgehead atoms. The Labute approximate surface area is 186 Å². The van der Waals surface area contributed by atoms with Crippen LogP contribution in [0.2, 0.25) is 0 Å². The second-order valence-corrected chi connectivity index (χ2v) is 7.87. The van der Waals surface area contributed by atoms with Crippen molar-refractivity contribution in [1.82, 2.24) is 4.90 Å². The van der Waals surface area contributed by atoms with Gasteiger partial charge in [0.1, 0.15) is 5.75 Å². The minimum atomic E-state index is -0.191. The fraction of sp³-hybridized carbons (Fsp3) is 0.200. The number of para-hydroxylation sites is 1. The van der Waals surface area contributed by atoms with E-state index in [1.54, 1.807) is 19.2 Å². The summed E-state index contributed by atoms with van der Waals surface area (Å²) in [5.41, 5.74) is 4.35. The van der Waals surface area contributed by atoms with Crippen molar-refractivity contribution in [1.29, 1.82) is 0 Å². The van der Waals surface area contributed by atoms with Gasteiger partial charge in [0, 0.05) is 43.5 Å². The maximum Gasteiger partial charge on any atom is 0.257 e. The number of nitrogens with one attached hydrogen (secondary N) is 2. The van der Waals surface area contributed by atoms with Crippen molar-refractivity contribution >= 4 is 34.6 Å². The monoisotopic (exact) mass is 428 g/mol. The zero-order valence-corrected chi connectivity index (χ0v) is 17.8. The topological polar surface area (TPSA) is 73.9 Å². The molecule has 7 heteroatoms. The summed E-state index contributed by atoms with van der Waals surface area (Å²) >= 11 is 0. The average molecular weight is 428 g/mol. The summed E-state index contributed by atoms with van der Waals surface area (Å²) in [6, 6.07) is 20.7. The van der Waals surface area contributed by atoms with E-state index in [0.717, 1.165) is 35.9 Å². The molecular weight excluding hydrogens is 404 g/mol. The summed E-state index contributed by atoms with van der Waals surface area (Å²) in [6.07, 6.45) is 0. The van der Waals surface area contributed by atoms with Crippen molar-refractivity contribution in [2.45, 2.75) is 0 Å². The SMILES string of the molecule is COc1cccc(N2CCN(C(=O)c3ccc4c(c3)NC(=O)c3ccccc3N4)CC2)c1. The highest BCUT2D eigenvalue weighted by atomic mass is 16.5. The lowest BCUT2D eigenvalue weighted by atomic mass is 10.1. The Morgan fingerprint density at radius 1 is 0.844 bits per heavy atom. The number of carbonyl (C=O) groups excluding carboxylic acids is 2. The molecule has 162 valence electrons. The number of methoxy groups -OCH3 is 1. The molecule has 0 radical (unpaired) electrons. The van der Waals surface area contributed by atoms with E-state index in [9.17, 15) is 9.59 Å². The molecule has 1 fully saturated rings. The maximum absolute atomic E-state index is 13.2. The highest BCUT2D eigenvalue weighted by Crippen LogP contribution is 2.33. The van der Waals surface area contributed by atoms with Crippen LogP contribution in [0.3, 0.4) is 0 Å². The molecule has 3 aromatic carbocycles. The van der Waals surface area contributed by atoms with E-state index < -0.39 is 0 Å². The van der Waals surface area contributed by atoms with Crippen molar-refractivity contribution in [3.05, 3.63) is 77.9 Å². The van der Waals surface area contributed by atoms with Crippen LogP contribution in [-0.4, -0.2) is 50.0 Å². The van der Waals surface area contributed by atoms with E-state index >= 15 is 0 Å². The fourth-order valence-electron chi connectivity index (χ4n) is 4.17. The van der Waals surface area contributed by atoms with Crippen LogP contribution in [0.5, 0.6) is 5.75 Å². The van der Waals surface area contributed by atoms with Gasteiger partial charge in [-0.05, 0) is 42.5 Å². The number of ether oxygens (including phenoxy) is 1. The number of benzene rings is 3. The number of piperazine rings is 1. The maximum atomic E-state index is 13.2. The van der Waals surface area contributed by atoms with Gasteiger partial charge in [0.05, 0.1) is 29.7 Å². The van der Waals surface area contributed by atoms with Gasteiger partial charge in [-0.15, -0.1) is 0 Å². The van der Waals surface area contributed by atoms with Crippen molar-refractivity contribution in [2.24, 2.45) is 0 Å². The van der Waals surface area contributed by atoms with E-state index in [0.29, 0.717) is 29.9 Å². The summed E-state index contributed by atoms with van der Waals surface area (Å²) in [5.74, 6) is 0.598. The van der Waals surface area contributed by atoms with E-state index in [4.69, 9.17) is 4.74 Å². The molecule has 0 spiro atoms. The normalized spacial score (nSPS) is 15.1. The third-order valence-corrected chi connectivity index (χ3v) is 5.94. The van der Waals surface area contributed by atoms with Crippen LogP contribution in [0.25, 0.3) is 0 Å². The number of amides is 2. The molecule has 0 aliphatic carbocycles. The zero-order valence-electron chi connectivity index (χ0n) is 17.8. The van der Waals surface area contributed by atoms with Gasteiger partial charge in [0.2, 0.25) is 0 Å². The third-order valence-electron chi connectivity index (χ3n) is 5.94. The van der Waals surface area contributed by atoms with Gasteiger partial charge < -0.3 is 25.2 Å². The zero-order chi connectivity index (χ0) is 22.1. The van der Waals surface area contributed by atoms with Crippen LogP contribution in [0.4, 0.5) is 22.7 Å². The first kappa shape index (κ1) is 19.9. The number of anilines is 4. The number of rotatable bonds is 3. The van der Waals surface area contributed by atoms with E-state index in [1.807, 2.05) is 53.4 Å². The van der Waals surface area contributed by atoms with Gasteiger partial charge in [0.15, 0.2) is 0 Å². The number of fused-ring (bicyclic) bond motifs is 2. The third kappa shape index (κ3) is 3.73. The Balaban J connectivity index is 1.30. The number of carbonyl (C=O) groups is 2. The molecule has 2 N–H and O–H groups in total. The lowest BCUT2D eigenvalue weighted by Gasteiger charge is -2.36. The van der Waals surface area contributed by atoms with Gasteiger partial charge in [-0.1, -0.05) is 18.2 Å². The molecule has 2 heterocycles. The molecule has 2 aliphatic rings.